The van der Waals surface area contributed by atoms with E-state index in [2.05, 4.69) is 20.8 Å². The number of halogens is 1. The van der Waals surface area contributed by atoms with Gasteiger partial charge < -0.3 is 20.1 Å². The Kier molecular flexibility index (Phi) is 7.24. The van der Waals surface area contributed by atoms with Crippen molar-refractivity contribution in [3.05, 3.63) is 65.7 Å². The molecule has 7 nitrogen and oxygen atoms in total. The van der Waals surface area contributed by atoms with Gasteiger partial charge in [-0.05, 0) is 49.4 Å². The first kappa shape index (κ1) is 20.4. The van der Waals surface area contributed by atoms with E-state index in [4.69, 9.17) is 21.1 Å². The van der Waals surface area contributed by atoms with Crippen molar-refractivity contribution in [2.24, 2.45) is 0 Å². The van der Waals surface area contributed by atoms with E-state index in [0.717, 1.165) is 17.0 Å². The van der Waals surface area contributed by atoms with Gasteiger partial charge >= 0.3 is 6.03 Å². The number of urea groups is 1. The fraction of sp³-hybridized carbons (Fsp3) is 0.190. The maximum Gasteiger partial charge on any atom is 0.319 e. The highest BCUT2D eigenvalue weighted by molar-refractivity contribution is 6.33. The Balaban J connectivity index is 1.43. The van der Waals surface area contributed by atoms with Crippen LogP contribution in [0.4, 0.5) is 10.5 Å². The summed E-state index contributed by atoms with van der Waals surface area (Å²) >= 11 is 6.00. The minimum atomic E-state index is -0.362. The van der Waals surface area contributed by atoms with Crippen LogP contribution in [0.5, 0.6) is 11.6 Å². The summed E-state index contributed by atoms with van der Waals surface area (Å²) in [6.45, 7) is 3.13. The number of aromatic nitrogens is 2. The summed E-state index contributed by atoms with van der Waals surface area (Å²) in [4.78, 5) is 11.9. The fourth-order valence-corrected chi connectivity index (χ4v) is 2.67. The van der Waals surface area contributed by atoms with Crippen molar-refractivity contribution in [2.75, 3.05) is 25.1 Å². The van der Waals surface area contributed by atoms with Gasteiger partial charge in [0.25, 0.3) is 0 Å². The van der Waals surface area contributed by atoms with Crippen molar-refractivity contribution in [3.8, 4) is 22.9 Å². The third-order valence-electron chi connectivity index (χ3n) is 3.86. The molecule has 0 aliphatic heterocycles. The van der Waals surface area contributed by atoms with Gasteiger partial charge in [0.1, 0.15) is 12.4 Å². The molecule has 2 amide bonds. The quantitative estimate of drug-likeness (QED) is 0.536. The Morgan fingerprint density at radius 3 is 2.48 bits per heavy atom. The first-order valence-electron chi connectivity index (χ1n) is 9.15. The van der Waals surface area contributed by atoms with Crippen LogP contribution in [0.3, 0.4) is 0 Å². The van der Waals surface area contributed by atoms with E-state index in [9.17, 15) is 4.79 Å². The number of carbonyl (C=O) groups is 1. The molecule has 0 unspecified atom stereocenters. The zero-order valence-electron chi connectivity index (χ0n) is 15.9. The number of amides is 2. The summed E-state index contributed by atoms with van der Waals surface area (Å²) in [5.74, 6) is 1.20. The number of para-hydroxylation sites is 1. The van der Waals surface area contributed by atoms with E-state index in [-0.39, 0.29) is 12.6 Å². The SMILES string of the molecule is CCOc1ccc(-c2ccc(OCCNC(=O)Nc3ccccc3Cl)nn2)cc1. The van der Waals surface area contributed by atoms with E-state index in [0.29, 0.717) is 29.7 Å². The summed E-state index contributed by atoms with van der Waals surface area (Å²) in [6.07, 6.45) is 0. The molecule has 3 aromatic rings. The average Bonchev–Trinajstić information content (AvgIpc) is 2.74. The molecule has 1 aromatic heterocycles. The van der Waals surface area contributed by atoms with Gasteiger partial charge in [0.05, 0.1) is 29.6 Å². The molecule has 0 aliphatic rings. The molecule has 0 fully saturated rings. The molecule has 0 aliphatic carbocycles. The Hall–Kier alpha value is -3.32. The van der Waals surface area contributed by atoms with Gasteiger partial charge in [-0.1, -0.05) is 23.7 Å². The maximum absolute atomic E-state index is 11.9. The Morgan fingerprint density at radius 1 is 1.00 bits per heavy atom. The van der Waals surface area contributed by atoms with E-state index in [1.54, 1.807) is 30.3 Å². The first-order chi connectivity index (χ1) is 14.2. The molecule has 29 heavy (non-hydrogen) atoms. The third kappa shape index (κ3) is 6.08. The van der Waals surface area contributed by atoms with Crippen molar-refractivity contribution in [1.82, 2.24) is 15.5 Å². The normalized spacial score (nSPS) is 10.3. The van der Waals surface area contributed by atoms with Crippen LogP contribution < -0.4 is 20.1 Å². The molecule has 2 aromatic carbocycles. The number of ether oxygens (including phenoxy) is 2. The van der Waals surface area contributed by atoms with Crippen LogP contribution in [0.2, 0.25) is 5.02 Å². The second-order valence-corrected chi connectivity index (χ2v) is 6.33. The molecular formula is C21H21ClN4O3. The molecule has 2 N–H and O–H groups in total. The first-order valence-corrected chi connectivity index (χ1v) is 9.52. The second-order valence-electron chi connectivity index (χ2n) is 5.92. The monoisotopic (exact) mass is 412 g/mol. The summed E-state index contributed by atoms with van der Waals surface area (Å²) in [7, 11) is 0. The number of nitrogens with zero attached hydrogens (tertiary/aromatic N) is 2. The van der Waals surface area contributed by atoms with E-state index in [1.165, 1.54) is 0 Å². The fourth-order valence-electron chi connectivity index (χ4n) is 2.49. The maximum atomic E-state index is 11.9. The number of benzene rings is 2. The van der Waals surface area contributed by atoms with E-state index < -0.39 is 0 Å². The van der Waals surface area contributed by atoms with Crippen molar-refractivity contribution in [1.29, 1.82) is 0 Å². The smallest absolute Gasteiger partial charge is 0.319 e. The summed E-state index contributed by atoms with van der Waals surface area (Å²) in [6, 6.07) is 17.9. The topological polar surface area (TPSA) is 85.4 Å². The van der Waals surface area contributed by atoms with Crippen LogP contribution in [0.25, 0.3) is 11.3 Å². The van der Waals surface area contributed by atoms with E-state index >= 15 is 0 Å². The van der Waals surface area contributed by atoms with Crippen molar-refractivity contribution in [2.45, 2.75) is 6.92 Å². The zero-order chi connectivity index (χ0) is 20.5. The summed E-state index contributed by atoms with van der Waals surface area (Å²) in [5, 5.41) is 14.1. The van der Waals surface area contributed by atoms with Gasteiger partial charge in [-0.2, -0.15) is 0 Å². The molecular weight excluding hydrogens is 392 g/mol. The molecule has 150 valence electrons. The zero-order valence-corrected chi connectivity index (χ0v) is 16.6. The molecule has 3 rings (SSSR count). The summed E-state index contributed by atoms with van der Waals surface area (Å²) in [5.41, 5.74) is 2.21. The predicted octanol–water partition coefficient (Wildman–Crippen LogP) is 4.40. The highest BCUT2D eigenvalue weighted by Crippen LogP contribution is 2.21. The highest BCUT2D eigenvalue weighted by Gasteiger charge is 2.05. The minimum absolute atomic E-state index is 0.257. The highest BCUT2D eigenvalue weighted by atomic mass is 35.5. The van der Waals surface area contributed by atoms with Gasteiger partial charge in [0.15, 0.2) is 0 Å². The largest absolute Gasteiger partial charge is 0.494 e. The lowest BCUT2D eigenvalue weighted by molar-refractivity contribution is 0.246. The number of rotatable bonds is 8. The molecule has 0 spiro atoms. The van der Waals surface area contributed by atoms with Crippen LogP contribution in [0, 0.1) is 0 Å². The molecule has 0 atom stereocenters. The van der Waals surface area contributed by atoms with Crippen LogP contribution in [-0.2, 0) is 0 Å². The van der Waals surface area contributed by atoms with Crippen LogP contribution in [0.15, 0.2) is 60.7 Å². The Morgan fingerprint density at radius 2 is 1.79 bits per heavy atom. The molecule has 0 bridgehead atoms. The van der Waals surface area contributed by atoms with Gasteiger partial charge in [0, 0.05) is 11.6 Å². The number of nitrogens with one attached hydrogen (secondary N) is 2. The van der Waals surface area contributed by atoms with Crippen LogP contribution in [-0.4, -0.2) is 36.0 Å². The molecule has 0 radical (unpaired) electrons. The minimum Gasteiger partial charge on any atom is -0.494 e. The lowest BCUT2D eigenvalue weighted by atomic mass is 10.1. The summed E-state index contributed by atoms with van der Waals surface area (Å²) < 4.78 is 10.9. The van der Waals surface area contributed by atoms with Crippen molar-refractivity contribution < 1.29 is 14.3 Å². The lowest BCUT2D eigenvalue weighted by Gasteiger charge is -2.09. The Labute approximate surface area is 174 Å². The number of carbonyl (C=O) groups excluding carboxylic acids is 1. The Bertz CT molecular complexity index is 933. The third-order valence-corrected chi connectivity index (χ3v) is 4.19. The van der Waals surface area contributed by atoms with Crippen LogP contribution in [0.1, 0.15) is 6.92 Å². The standard InChI is InChI=1S/C21H21ClN4O3/c1-2-28-16-9-7-15(8-10-16)18-11-12-20(26-25-18)29-14-13-23-21(27)24-19-6-4-3-5-17(19)22/h3-12H,2,13-14H2,1H3,(H2,23,24,27). The number of hydrogen-bond acceptors (Lipinski definition) is 5. The number of hydrogen-bond donors (Lipinski definition) is 2. The van der Waals surface area contributed by atoms with Gasteiger partial charge in [-0.3, -0.25) is 0 Å². The van der Waals surface area contributed by atoms with E-state index in [1.807, 2.05) is 37.3 Å². The molecule has 0 saturated carbocycles. The molecule has 0 saturated heterocycles. The number of anilines is 1. The van der Waals surface area contributed by atoms with Crippen molar-refractivity contribution in [3.63, 3.8) is 0 Å². The van der Waals surface area contributed by atoms with Gasteiger partial charge in [-0.25, -0.2) is 4.79 Å². The van der Waals surface area contributed by atoms with Crippen molar-refractivity contribution >= 4 is 23.3 Å². The molecule has 8 heteroatoms. The predicted molar refractivity (Wildman–Crippen MR) is 113 cm³/mol. The van der Waals surface area contributed by atoms with Gasteiger partial charge in [0.2, 0.25) is 5.88 Å². The van der Waals surface area contributed by atoms with Crippen LogP contribution >= 0.6 is 11.6 Å². The second kappa shape index (κ2) is 10.3. The lowest BCUT2D eigenvalue weighted by Crippen LogP contribution is -2.32. The average molecular weight is 413 g/mol. The molecule has 1 heterocycles. The van der Waals surface area contributed by atoms with Gasteiger partial charge in [-0.15, -0.1) is 10.2 Å².